The molecule has 3 N–H and O–H groups in total. The summed E-state index contributed by atoms with van der Waals surface area (Å²) < 4.78 is 16.7. The zero-order chi connectivity index (χ0) is 14.8. The van der Waals surface area contributed by atoms with E-state index < -0.39 is 0 Å². The quantitative estimate of drug-likeness (QED) is 0.440. The number of benzene rings is 2. The highest BCUT2D eigenvalue weighted by molar-refractivity contribution is 7.67. The third-order valence-electron chi connectivity index (χ3n) is 3.19. The number of nitrogens with one attached hydrogen (secondary N) is 1. The molecular weight excluding hydrogens is 286 g/mol. The van der Waals surface area contributed by atoms with Gasteiger partial charge in [-0.3, -0.25) is 0 Å². The van der Waals surface area contributed by atoms with Crippen LogP contribution < -0.4 is 10.5 Å². The molecule has 0 fully saturated rings. The highest BCUT2D eigenvalue weighted by Crippen LogP contribution is 2.21. The molecule has 0 spiro atoms. The molecule has 0 unspecified atom stereocenters. The molecule has 1 aromatic heterocycles. The lowest BCUT2D eigenvalue weighted by atomic mass is 10.1. The number of nitrogen functional groups attached to an aromatic ring is 1. The topological polar surface area (TPSA) is 81.0 Å². The first kappa shape index (κ1) is 13.4. The van der Waals surface area contributed by atoms with E-state index in [1.807, 2.05) is 36.4 Å². The minimum Gasteiger partial charge on any atom is -0.497 e. The summed E-state index contributed by atoms with van der Waals surface area (Å²) in [6.07, 6.45) is 0. The Kier molecular flexibility index (Phi) is 3.45. The maximum Gasteiger partial charge on any atom is 0.152 e. The van der Waals surface area contributed by atoms with E-state index in [2.05, 4.69) is 9.97 Å². The Morgan fingerprint density at radius 1 is 1.29 bits per heavy atom. The van der Waals surface area contributed by atoms with Crippen LogP contribution in [0.25, 0.3) is 11.0 Å². The van der Waals surface area contributed by atoms with Crippen molar-refractivity contribution in [3.05, 3.63) is 53.9 Å². The predicted octanol–water partition coefficient (Wildman–Crippen LogP) is 1.94. The Bertz CT molecular complexity index is 866. The molecule has 2 aromatic carbocycles. The maximum atomic E-state index is 11.5. The number of rotatable bonds is 3. The molecular formula is C15H13N3O2S. The van der Waals surface area contributed by atoms with Crippen molar-refractivity contribution >= 4 is 32.8 Å². The van der Waals surface area contributed by atoms with Gasteiger partial charge < -0.3 is 15.5 Å². The van der Waals surface area contributed by atoms with Crippen LogP contribution in [0.5, 0.6) is 5.75 Å². The van der Waals surface area contributed by atoms with Gasteiger partial charge in [-0.2, -0.15) is 0 Å². The smallest absolute Gasteiger partial charge is 0.152 e. The first-order valence-corrected chi connectivity index (χ1v) is 7.03. The Hall–Kier alpha value is -2.60. The van der Waals surface area contributed by atoms with E-state index in [-0.39, 0.29) is 0 Å². The number of aromatic nitrogens is 2. The second-order valence-electron chi connectivity index (χ2n) is 4.47. The fraction of sp³-hybridized carbons (Fsp3) is 0.0667. The van der Waals surface area contributed by atoms with Gasteiger partial charge in [-0.05, 0) is 18.2 Å². The average Bonchev–Trinajstić information content (AvgIpc) is 2.92. The summed E-state index contributed by atoms with van der Waals surface area (Å²) in [6, 6.07) is 12.8. The second-order valence-corrected chi connectivity index (χ2v) is 5.04. The van der Waals surface area contributed by atoms with E-state index in [0.717, 1.165) is 16.8 Å². The van der Waals surface area contributed by atoms with Crippen molar-refractivity contribution in [3.63, 3.8) is 0 Å². The van der Waals surface area contributed by atoms with Crippen LogP contribution in [0.3, 0.4) is 0 Å². The third-order valence-corrected chi connectivity index (χ3v) is 3.77. The third kappa shape index (κ3) is 2.41. The molecule has 0 saturated carbocycles. The van der Waals surface area contributed by atoms with Gasteiger partial charge in [0.15, 0.2) is 5.82 Å². The number of nitrogens with zero attached hydrogens (tertiary/aromatic N) is 1. The summed E-state index contributed by atoms with van der Waals surface area (Å²) in [5, 5.41) is 0. The van der Waals surface area contributed by atoms with Gasteiger partial charge in [0, 0.05) is 17.3 Å². The first-order valence-electron chi connectivity index (χ1n) is 6.28. The monoisotopic (exact) mass is 299 g/mol. The standard InChI is InChI=1S/C15H13N3O2S/c1-20-9-6-7-12-13(8-9)18-15(17-12)14(21-19)10-4-2-3-5-11(10)16/h2-8H,16H2,1H3,(H,17,18). The second kappa shape index (κ2) is 5.41. The van der Waals surface area contributed by atoms with Gasteiger partial charge >= 0.3 is 0 Å². The number of aromatic amines is 1. The van der Waals surface area contributed by atoms with Crippen molar-refractivity contribution in [2.24, 2.45) is 0 Å². The van der Waals surface area contributed by atoms with Gasteiger partial charge in [0.1, 0.15) is 21.9 Å². The SMILES string of the molecule is COc1ccc2nc(C(=S=O)c3ccccc3N)[nH]c2c1. The summed E-state index contributed by atoms with van der Waals surface area (Å²) in [5.74, 6) is 1.24. The number of hydrogen-bond donors (Lipinski definition) is 2. The molecule has 0 saturated heterocycles. The number of methoxy groups -OCH3 is 1. The molecule has 5 nitrogen and oxygen atoms in total. The molecule has 0 aliphatic rings. The van der Waals surface area contributed by atoms with E-state index in [0.29, 0.717) is 33.2 Å². The molecule has 0 amide bonds. The van der Waals surface area contributed by atoms with Crippen molar-refractivity contribution in [1.82, 2.24) is 9.97 Å². The number of ether oxygens (including phenoxy) is 1. The Labute approximate surface area is 124 Å². The molecule has 0 bridgehead atoms. The van der Waals surface area contributed by atoms with E-state index in [4.69, 9.17) is 10.5 Å². The van der Waals surface area contributed by atoms with Crippen LogP contribution in [0.15, 0.2) is 42.5 Å². The number of imidazole rings is 1. The summed E-state index contributed by atoms with van der Waals surface area (Å²) in [6.45, 7) is 0. The van der Waals surface area contributed by atoms with Crippen LogP contribution in [0.4, 0.5) is 5.69 Å². The van der Waals surface area contributed by atoms with Gasteiger partial charge in [0.2, 0.25) is 0 Å². The van der Waals surface area contributed by atoms with E-state index in [9.17, 15) is 4.21 Å². The van der Waals surface area contributed by atoms with Crippen LogP contribution in [0, 0.1) is 0 Å². The zero-order valence-electron chi connectivity index (χ0n) is 11.3. The highest BCUT2D eigenvalue weighted by atomic mass is 32.1. The Balaban J connectivity index is 2.14. The number of fused-ring (bicyclic) bond motifs is 1. The van der Waals surface area contributed by atoms with E-state index in [1.165, 1.54) is 0 Å². The summed E-state index contributed by atoms with van der Waals surface area (Å²) >= 11 is 0.377. The van der Waals surface area contributed by atoms with E-state index in [1.54, 1.807) is 13.2 Å². The van der Waals surface area contributed by atoms with Crippen LogP contribution in [-0.2, 0) is 11.3 Å². The van der Waals surface area contributed by atoms with Gasteiger partial charge in [0.25, 0.3) is 0 Å². The number of hydrogen-bond acceptors (Lipinski definition) is 4. The molecule has 106 valence electrons. The number of anilines is 1. The van der Waals surface area contributed by atoms with Crippen LogP contribution in [-0.4, -0.2) is 26.2 Å². The number of H-pyrrole nitrogens is 1. The minimum absolute atomic E-state index is 0.377. The Morgan fingerprint density at radius 2 is 2.10 bits per heavy atom. The summed E-state index contributed by atoms with van der Waals surface area (Å²) in [4.78, 5) is 8.07. The van der Waals surface area contributed by atoms with Crippen LogP contribution in [0.1, 0.15) is 11.4 Å². The summed E-state index contributed by atoms with van der Waals surface area (Å²) in [7, 11) is 1.61. The minimum atomic E-state index is 0.377. The first-order chi connectivity index (χ1) is 10.2. The molecule has 21 heavy (non-hydrogen) atoms. The molecule has 6 heteroatoms. The fourth-order valence-corrected chi connectivity index (χ4v) is 2.59. The van der Waals surface area contributed by atoms with E-state index >= 15 is 0 Å². The molecule has 1 heterocycles. The van der Waals surface area contributed by atoms with Gasteiger partial charge in [-0.15, -0.1) is 0 Å². The Morgan fingerprint density at radius 3 is 2.81 bits per heavy atom. The largest absolute Gasteiger partial charge is 0.497 e. The lowest BCUT2D eigenvalue weighted by molar-refractivity contribution is 0.415. The molecule has 3 rings (SSSR count). The lowest BCUT2D eigenvalue weighted by Gasteiger charge is -2.03. The fourth-order valence-electron chi connectivity index (χ4n) is 2.14. The zero-order valence-corrected chi connectivity index (χ0v) is 12.1. The highest BCUT2D eigenvalue weighted by Gasteiger charge is 2.14. The summed E-state index contributed by atoms with van der Waals surface area (Å²) in [5.41, 5.74) is 8.75. The lowest BCUT2D eigenvalue weighted by Crippen LogP contribution is -2.08. The van der Waals surface area contributed by atoms with Gasteiger partial charge in [-0.25, -0.2) is 9.19 Å². The van der Waals surface area contributed by atoms with Crippen LogP contribution >= 0.6 is 0 Å². The van der Waals surface area contributed by atoms with Crippen molar-refractivity contribution in [2.75, 3.05) is 12.8 Å². The normalized spacial score (nSPS) is 10.5. The molecule has 0 radical (unpaired) electrons. The molecule has 0 aliphatic heterocycles. The van der Waals surface area contributed by atoms with Crippen molar-refractivity contribution < 1.29 is 8.95 Å². The van der Waals surface area contributed by atoms with Crippen molar-refractivity contribution in [3.8, 4) is 5.75 Å². The van der Waals surface area contributed by atoms with Crippen molar-refractivity contribution in [2.45, 2.75) is 0 Å². The number of nitrogens with two attached hydrogens (primary N) is 1. The van der Waals surface area contributed by atoms with Gasteiger partial charge in [-0.1, -0.05) is 18.2 Å². The van der Waals surface area contributed by atoms with Crippen molar-refractivity contribution in [1.29, 1.82) is 0 Å². The number of para-hydroxylation sites is 1. The maximum absolute atomic E-state index is 11.5. The van der Waals surface area contributed by atoms with Crippen LogP contribution in [0.2, 0.25) is 0 Å². The van der Waals surface area contributed by atoms with Gasteiger partial charge in [0.05, 0.1) is 18.1 Å². The predicted molar refractivity (Wildman–Crippen MR) is 84.9 cm³/mol. The molecule has 0 atom stereocenters. The molecule has 3 aromatic rings. The average molecular weight is 299 g/mol. The molecule has 0 aliphatic carbocycles.